The van der Waals surface area contributed by atoms with Gasteiger partial charge >= 0.3 is 6.18 Å². The SMILES string of the molecule is COc1ccc(NC(=O)c2cc3ccccc3oc2=Nc2ccc(C(F)(F)F)cc2)cc1. The Labute approximate surface area is 180 Å². The fourth-order valence-electron chi connectivity index (χ4n) is 3.03. The molecule has 4 aromatic rings. The maximum absolute atomic E-state index is 13.0. The highest BCUT2D eigenvalue weighted by Gasteiger charge is 2.29. The van der Waals surface area contributed by atoms with Crippen molar-refractivity contribution in [1.29, 1.82) is 0 Å². The summed E-state index contributed by atoms with van der Waals surface area (Å²) in [5.41, 5.74) is 0.567. The molecule has 4 rings (SSSR count). The molecule has 0 radical (unpaired) electrons. The number of carbonyl (C=O) groups is 1. The molecule has 1 N–H and O–H groups in total. The number of nitrogens with one attached hydrogen (secondary N) is 1. The maximum atomic E-state index is 13.0. The molecule has 0 spiro atoms. The Bertz CT molecular complexity index is 1330. The van der Waals surface area contributed by atoms with E-state index in [-0.39, 0.29) is 16.8 Å². The molecule has 0 atom stereocenters. The Balaban J connectivity index is 1.76. The molecule has 162 valence electrons. The fourth-order valence-corrected chi connectivity index (χ4v) is 3.03. The highest BCUT2D eigenvalue weighted by Crippen LogP contribution is 2.30. The lowest BCUT2D eigenvalue weighted by atomic mass is 10.1. The maximum Gasteiger partial charge on any atom is 0.416 e. The second-order valence-corrected chi connectivity index (χ2v) is 6.84. The minimum Gasteiger partial charge on any atom is -0.497 e. The lowest BCUT2D eigenvalue weighted by Gasteiger charge is -2.08. The van der Waals surface area contributed by atoms with Crippen molar-refractivity contribution >= 4 is 28.3 Å². The van der Waals surface area contributed by atoms with E-state index in [0.29, 0.717) is 22.4 Å². The summed E-state index contributed by atoms with van der Waals surface area (Å²) in [7, 11) is 1.54. The molecule has 0 fully saturated rings. The average Bonchev–Trinajstić information content (AvgIpc) is 2.79. The van der Waals surface area contributed by atoms with Crippen LogP contribution in [0.15, 0.2) is 88.3 Å². The molecule has 5 nitrogen and oxygen atoms in total. The van der Waals surface area contributed by atoms with E-state index < -0.39 is 17.6 Å². The summed E-state index contributed by atoms with van der Waals surface area (Å²) in [6.07, 6.45) is -4.45. The molecule has 0 aliphatic heterocycles. The highest BCUT2D eigenvalue weighted by molar-refractivity contribution is 6.05. The van der Waals surface area contributed by atoms with E-state index in [1.165, 1.54) is 12.1 Å². The first-order chi connectivity index (χ1) is 15.3. The first kappa shape index (κ1) is 21.2. The zero-order valence-electron chi connectivity index (χ0n) is 16.8. The molecule has 0 unspecified atom stereocenters. The van der Waals surface area contributed by atoms with Gasteiger partial charge in [-0.05, 0) is 60.7 Å². The van der Waals surface area contributed by atoms with Crippen molar-refractivity contribution in [2.24, 2.45) is 4.99 Å². The molecule has 0 aliphatic rings. The van der Waals surface area contributed by atoms with Crippen LogP contribution in [0.3, 0.4) is 0 Å². The van der Waals surface area contributed by atoms with Crippen molar-refractivity contribution in [2.75, 3.05) is 12.4 Å². The predicted molar refractivity (Wildman–Crippen MR) is 114 cm³/mol. The van der Waals surface area contributed by atoms with Crippen molar-refractivity contribution in [2.45, 2.75) is 6.18 Å². The molecule has 1 aromatic heterocycles. The van der Waals surface area contributed by atoms with Crippen LogP contribution in [0.2, 0.25) is 0 Å². The monoisotopic (exact) mass is 438 g/mol. The van der Waals surface area contributed by atoms with Crippen molar-refractivity contribution in [1.82, 2.24) is 0 Å². The van der Waals surface area contributed by atoms with E-state index in [2.05, 4.69) is 10.3 Å². The van der Waals surface area contributed by atoms with E-state index in [1.54, 1.807) is 61.7 Å². The van der Waals surface area contributed by atoms with E-state index in [4.69, 9.17) is 9.15 Å². The van der Waals surface area contributed by atoms with E-state index in [9.17, 15) is 18.0 Å². The number of hydrogen-bond donors (Lipinski definition) is 1. The molecule has 0 saturated carbocycles. The summed E-state index contributed by atoms with van der Waals surface area (Å²) in [6, 6.07) is 19.8. The van der Waals surface area contributed by atoms with Crippen LogP contribution in [0.4, 0.5) is 24.5 Å². The zero-order valence-corrected chi connectivity index (χ0v) is 16.8. The minimum atomic E-state index is -4.45. The largest absolute Gasteiger partial charge is 0.497 e. The standard InChI is InChI=1S/C24H17F3N2O3/c1-31-19-12-10-17(11-13-19)28-22(30)20-14-15-4-2-3-5-21(15)32-23(20)29-18-8-6-16(7-9-18)24(25,26)27/h2-14H,1H3,(H,28,30). The van der Waals surface area contributed by atoms with Crippen LogP contribution in [0.5, 0.6) is 5.75 Å². The Kier molecular flexibility index (Phi) is 5.68. The smallest absolute Gasteiger partial charge is 0.416 e. The molecule has 0 bridgehead atoms. The van der Waals surface area contributed by atoms with Crippen molar-refractivity contribution in [3.63, 3.8) is 0 Å². The number of nitrogens with zero attached hydrogens (tertiary/aromatic N) is 1. The molecule has 1 heterocycles. The van der Waals surface area contributed by atoms with Crippen LogP contribution in [-0.2, 0) is 6.18 Å². The van der Waals surface area contributed by atoms with Gasteiger partial charge in [0.1, 0.15) is 16.9 Å². The quantitative estimate of drug-likeness (QED) is 0.429. The van der Waals surface area contributed by atoms with Crippen LogP contribution in [-0.4, -0.2) is 13.0 Å². The van der Waals surface area contributed by atoms with Crippen LogP contribution in [0, 0.1) is 0 Å². The Hall–Kier alpha value is -4.07. The number of anilines is 1. The van der Waals surface area contributed by atoms with Gasteiger partial charge in [0, 0.05) is 11.1 Å². The number of carbonyl (C=O) groups excluding carboxylic acids is 1. The molecule has 3 aromatic carbocycles. The van der Waals surface area contributed by atoms with Gasteiger partial charge in [-0.3, -0.25) is 4.79 Å². The predicted octanol–water partition coefficient (Wildman–Crippen LogP) is 5.94. The van der Waals surface area contributed by atoms with Crippen molar-refractivity contribution < 1.29 is 27.1 Å². The molecule has 32 heavy (non-hydrogen) atoms. The topological polar surface area (TPSA) is 63.8 Å². The van der Waals surface area contributed by atoms with Gasteiger partial charge in [0.15, 0.2) is 0 Å². The Morgan fingerprint density at radius 1 is 0.969 bits per heavy atom. The van der Waals surface area contributed by atoms with Crippen molar-refractivity contribution in [3.8, 4) is 5.75 Å². The number of benzene rings is 3. The fraction of sp³-hybridized carbons (Fsp3) is 0.0833. The summed E-state index contributed by atoms with van der Waals surface area (Å²) >= 11 is 0. The summed E-state index contributed by atoms with van der Waals surface area (Å²) in [5.74, 6) is 0.164. The number of halogens is 3. The molecule has 0 saturated heterocycles. The average molecular weight is 438 g/mol. The van der Waals surface area contributed by atoms with Gasteiger partial charge in [-0.15, -0.1) is 0 Å². The second-order valence-electron chi connectivity index (χ2n) is 6.84. The second kappa shape index (κ2) is 8.58. The van der Waals surface area contributed by atoms with E-state index in [0.717, 1.165) is 12.1 Å². The van der Waals surface area contributed by atoms with Gasteiger partial charge in [0.25, 0.3) is 5.91 Å². The number of alkyl halides is 3. The van der Waals surface area contributed by atoms with Crippen LogP contribution in [0.25, 0.3) is 11.0 Å². The Morgan fingerprint density at radius 2 is 1.66 bits per heavy atom. The zero-order chi connectivity index (χ0) is 22.7. The normalized spacial score (nSPS) is 12.1. The van der Waals surface area contributed by atoms with Gasteiger partial charge in [0.05, 0.1) is 18.4 Å². The number of methoxy groups -OCH3 is 1. The third kappa shape index (κ3) is 4.64. The molecule has 0 aliphatic carbocycles. The van der Waals surface area contributed by atoms with Gasteiger partial charge < -0.3 is 14.5 Å². The molecule has 8 heteroatoms. The first-order valence-corrected chi connectivity index (χ1v) is 9.54. The minimum absolute atomic E-state index is 0.0190. The number of fused-ring (bicyclic) bond motifs is 1. The third-order valence-electron chi connectivity index (χ3n) is 4.67. The summed E-state index contributed by atoms with van der Waals surface area (Å²) in [6.45, 7) is 0. The number of para-hydroxylation sites is 1. The number of hydrogen-bond acceptors (Lipinski definition) is 4. The lowest BCUT2D eigenvalue weighted by molar-refractivity contribution is -0.137. The van der Waals surface area contributed by atoms with E-state index in [1.807, 2.05) is 0 Å². The van der Waals surface area contributed by atoms with Crippen LogP contribution < -0.4 is 15.6 Å². The summed E-state index contributed by atoms with van der Waals surface area (Å²) < 4.78 is 49.4. The van der Waals surface area contributed by atoms with Gasteiger partial charge in [-0.25, -0.2) is 4.99 Å². The van der Waals surface area contributed by atoms with Gasteiger partial charge in [-0.2, -0.15) is 13.2 Å². The van der Waals surface area contributed by atoms with Gasteiger partial charge in [0.2, 0.25) is 5.55 Å². The van der Waals surface area contributed by atoms with Crippen LogP contribution >= 0.6 is 0 Å². The lowest BCUT2D eigenvalue weighted by Crippen LogP contribution is -2.21. The summed E-state index contributed by atoms with van der Waals surface area (Å²) in [4.78, 5) is 17.3. The first-order valence-electron chi connectivity index (χ1n) is 9.54. The molecular weight excluding hydrogens is 421 g/mol. The molecule has 1 amide bonds. The summed E-state index contributed by atoms with van der Waals surface area (Å²) in [5, 5.41) is 3.45. The number of ether oxygens (including phenoxy) is 1. The van der Waals surface area contributed by atoms with Crippen LogP contribution in [0.1, 0.15) is 15.9 Å². The highest BCUT2D eigenvalue weighted by atomic mass is 19.4. The third-order valence-corrected chi connectivity index (χ3v) is 4.67. The number of amides is 1. The molecular formula is C24H17F3N2O3. The number of rotatable bonds is 4. The van der Waals surface area contributed by atoms with Gasteiger partial charge in [-0.1, -0.05) is 18.2 Å². The Morgan fingerprint density at radius 3 is 2.31 bits per heavy atom. The van der Waals surface area contributed by atoms with Crippen molar-refractivity contribution in [3.05, 3.63) is 95.5 Å². The van der Waals surface area contributed by atoms with E-state index >= 15 is 0 Å².